The Morgan fingerprint density at radius 1 is 1.11 bits per heavy atom. The van der Waals surface area contributed by atoms with Crippen LogP contribution in [0.3, 0.4) is 0 Å². The molecule has 1 aliphatic carbocycles. The van der Waals surface area contributed by atoms with Crippen molar-refractivity contribution in [3.63, 3.8) is 0 Å². The number of aliphatic hydroxyl groups is 1. The summed E-state index contributed by atoms with van der Waals surface area (Å²) in [5.41, 5.74) is 0. The highest BCUT2D eigenvalue weighted by molar-refractivity contribution is 5.80. The van der Waals surface area contributed by atoms with Crippen molar-refractivity contribution in [1.29, 1.82) is 0 Å². The molecule has 3 aliphatic rings. The minimum Gasteiger partial charge on any atom is -0.393 e. The number of hydrogen-bond acceptors (Lipinski definition) is 3. The number of fused-ring (bicyclic) bond motifs is 1. The summed E-state index contributed by atoms with van der Waals surface area (Å²) >= 11 is 0. The SMILES string of the molecule is O=C1CC(NC2CCC(O)CC2)C2CCCCN12. The number of carbonyl (C=O) groups excluding carboxylic acids is 1. The fourth-order valence-electron chi connectivity index (χ4n) is 3.84. The Labute approximate surface area is 109 Å². The van der Waals surface area contributed by atoms with Gasteiger partial charge >= 0.3 is 0 Å². The third-order valence-corrected chi connectivity index (χ3v) is 4.88. The summed E-state index contributed by atoms with van der Waals surface area (Å²) in [4.78, 5) is 14.1. The summed E-state index contributed by atoms with van der Waals surface area (Å²) in [6.07, 6.45) is 8.11. The average molecular weight is 252 g/mol. The molecule has 102 valence electrons. The van der Waals surface area contributed by atoms with Crippen molar-refractivity contribution in [3.8, 4) is 0 Å². The molecule has 0 spiro atoms. The summed E-state index contributed by atoms with van der Waals surface area (Å²) < 4.78 is 0. The van der Waals surface area contributed by atoms with Crippen molar-refractivity contribution < 1.29 is 9.90 Å². The van der Waals surface area contributed by atoms with Crippen molar-refractivity contribution in [2.45, 2.75) is 75.6 Å². The van der Waals surface area contributed by atoms with E-state index >= 15 is 0 Å². The number of amides is 1. The highest BCUT2D eigenvalue weighted by Gasteiger charge is 2.41. The Morgan fingerprint density at radius 3 is 2.67 bits per heavy atom. The molecule has 0 aromatic carbocycles. The number of piperidine rings is 1. The first-order chi connectivity index (χ1) is 8.74. The topological polar surface area (TPSA) is 52.6 Å². The van der Waals surface area contributed by atoms with Crippen LogP contribution in [0.5, 0.6) is 0 Å². The van der Waals surface area contributed by atoms with E-state index in [1.807, 2.05) is 0 Å². The zero-order chi connectivity index (χ0) is 12.5. The largest absolute Gasteiger partial charge is 0.393 e. The predicted molar refractivity (Wildman–Crippen MR) is 69.2 cm³/mol. The molecule has 2 heterocycles. The van der Waals surface area contributed by atoms with Crippen LogP contribution in [0.25, 0.3) is 0 Å². The zero-order valence-corrected chi connectivity index (χ0v) is 11.0. The van der Waals surface area contributed by atoms with Gasteiger partial charge in [-0.3, -0.25) is 4.79 Å². The summed E-state index contributed by atoms with van der Waals surface area (Å²) in [5.74, 6) is 0.341. The highest BCUT2D eigenvalue weighted by Crippen LogP contribution is 2.29. The van der Waals surface area contributed by atoms with Gasteiger partial charge in [-0.1, -0.05) is 0 Å². The maximum absolute atomic E-state index is 12.0. The highest BCUT2D eigenvalue weighted by atomic mass is 16.3. The van der Waals surface area contributed by atoms with Gasteiger partial charge in [-0.2, -0.15) is 0 Å². The quantitative estimate of drug-likeness (QED) is 0.772. The molecule has 0 bridgehead atoms. The van der Waals surface area contributed by atoms with Gasteiger partial charge in [-0.15, -0.1) is 0 Å². The van der Waals surface area contributed by atoms with Gasteiger partial charge in [0, 0.05) is 31.1 Å². The molecule has 0 aromatic rings. The first-order valence-corrected chi connectivity index (χ1v) is 7.47. The van der Waals surface area contributed by atoms with Gasteiger partial charge in [-0.05, 0) is 44.9 Å². The number of aliphatic hydroxyl groups excluding tert-OH is 1. The molecule has 2 N–H and O–H groups in total. The monoisotopic (exact) mass is 252 g/mol. The molecule has 4 nitrogen and oxygen atoms in total. The third kappa shape index (κ3) is 2.41. The van der Waals surface area contributed by atoms with Gasteiger partial charge < -0.3 is 15.3 Å². The van der Waals surface area contributed by atoms with E-state index in [9.17, 15) is 9.90 Å². The van der Waals surface area contributed by atoms with Crippen LogP contribution in [0.1, 0.15) is 51.4 Å². The third-order valence-electron chi connectivity index (χ3n) is 4.88. The number of nitrogens with zero attached hydrogens (tertiary/aromatic N) is 1. The van der Waals surface area contributed by atoms with E-state index in [2.05, 4.69) is 10.2 Å². The lowest BCUT2D eigenvalue weighted by Gasteiger charge is -2.35. The fraction of sp³-hybridized carbons (Fsp3) is 0.929. The van der Waals surface area contributed by atoms with E-state index < -0.39 is 0 Å². The molecule has 3 fully saturated rings. The van der Waals surface area contributed by atoms with Gasteiger partial charge in [0.05, 0.1) is 6.10 Å². The van der Waals surface area contributed by atoms with Gasteiger partial charge in [0.15, 0.2) is 0 Å². The van der Waals surface area contributed by atoms with E-state index in [1.165, 1.54) is 19.3 Å². The molecule has 18 heavy (non-hydrogen) atoms. The van der Waals surface area contributed by atoms with Crippen molar-refractivity contribution in [1.82, 2.24) is 10.2 Å². The number of rotatable bonds is 2. The maximum atomic E-state index is 12.0. The van der Waals surface area contributed by atoms with Crippen LogP contribution in [-0.2, 0) is 4.79 Å². The maximum Gasteiger partial charge on any atom is 0.224 e. The van der Waals surface area contributed by atoms with Crippen molar-refractivity contribution in [2.75, 3.05) is 6.54 Å². The lowest BCUT2D eigenvalue weighted by atomic mass is 9.91. The summed E-state index contributed by atoms with van der Waals surface area (Å²) in [7, 11) is 0. The van der Waals surface area contributed by atoms with Gasteiger partial charge in [0.25, 0.3) is 0 Å². The van der Waals surface area contributed by atoms with Crippen molar-refractivity contribution in [3.05, 3.63) is 0 Å². The minimum atomic E-state index is -0.0977. The lowest BCUT2D eigenvalue weighted by molar-refractivity contribution is -0.129. The summed E-state index contributed by atoms with van der Waals surface area (Å²) in [5, 5.41) is 13.2. The van der Waals surface area contributed by atoms with E-state index in [4.69, 9.17) is 0 Å². The van der Waals surface area contributed by atoms with Crippen molar-refractivity contribution >= 4 is 5.91 Å². The van der Waals surface area contributed by atoms with Crippen LogP contribution >= 0.6 is 0 Å². The van der Waals surface area contributed by atoms with Crippen LogP contribution in [0, 0.1) is 0 Å². The predicted octanol–water partition coefficient (Wildman–Crippen LogP) is 1.03. The Hall–Kier alpha value is -0.610. The Balaban J connectivity index is 1.57. The number of nitrogens with one attached hydrogen (secondary N) is 1. The van der Waals surface area contributed by atoms with Crippen molar-refractivity contribution in [2.24, 2.45) is 0 Å². The summed E-state index contributed by atoms with van der Waals surface area (Å²) in [6.45, 7) is 0.963. The molecule has 0 aromatic heterocycles. The second kappa shape index (κ2) is 5.17. The molecular weight excluding hydrogens is 228 g/mol. The first-order valence-electron chi connectivity index (χ1n) is 7.47. The zero-order valence-electron chi connectivity index (χ0n) is 11.0. The lowest BCUT2D eigenvalue weighted by Crippen LogP contribution is -2.49. The Bertz CT molecular complexity index is 313. The molecule has 1 amide bonds. The molecule has 2 unspecified atom stereocenters. The summed E-state index contributed by atoms with van der Waals surface area (Å²) in [6, 6.07) is 1.31. The van der Waals surface area contributed by atoms with Crippen LogP contribution < -0.4 is 5.32 Å². The molecule has 2 atom stereocenters. The smallest absolute Gasteiger partial charge is 0.224 e. The second-order valence-corrected chi connectivity index (χ2v) is 6.13. The molecule has 2 saturated heterocycles. The molecule has 3 rings (SSSR count). The Kier molecular flexibility index (Phi) is 3.57. The van der Waals surface area contributed by atoms with Crippen LogP contribution in [0.4, 0.5) is 0 Å². The standard InChI is InChI=1S/C14H24N2O2/c17-11-6-4-10(5-7-11)15-12-9-14(18)16-8-2-1-3-13(12)16/h10-13,15,17H,1-9H2. The fourth-order valence-corrected chi connectivity index (χ4v) is 3.84. The molecule has 1 saturated carbocycles. The second-order valence-electron chi connectivity index (χ2n) is 6.13. The van der Waals surface area contributed by atoms with Gasteiger partial charge in [0.1, 0.15) is 0 Å². The molecule has 0 radical (unpaired) electrons. The van der Waals surface area contributed by atoms with E-state index in [-0.39, 0.29) is 6.10 Å². The van der Waals surface area contributed by atoms with Gasteiger partial charge in [-0.25, -0.2) is 0 Å². The molecule has 2 aliphatic heterocycles. The number of hydrogen-bond donors (Lipinski definition) is 2. The molecular formula is C14H24N2O2. The first kappa shape index (κ1) is 12.4. The average Bonchev–Trinajstić information content (AvgIpc) is 2.70. The normalized spacial score (nSPS) is 40.9. The number of carbonyl (C=O) groups is 1. The van der Waals surface area contributed by atoms with E-state index in [0.717, 1.165) is 32.2 Å². The van der Waals surface area contributed by atoms with Crippen LogP contribution in [-0.4, -0.2) is 46.7 Å². The van der Waals surface area contributed by atoms with Crippen LogP contribution in [0.15, 0.2) is 0 Å². The Morgan fingerprint density at radius 2 is 1.89 bits per heavy atom. The van der Waals surface area contributed by atoms with Crippen LogP contribution in [0.2, 0.25) is 0 Å². The van der Waals surface area contributed by atoms with Gasteiger partial charge in [0.2, 0.25) is 5.91 Å². The van der Waals surface area contributed by atoms with E-state index in [0.29, 0.717) is 30.5 Å². The molecule has 4 heteroatoms. The van der Waals surface area contributed by atoms with E-state index in [1.54, 1.807) is 0 Å². The minimum absolute atomic E-state index is 0.0977.